The van der Waals surface area contributed by atoms with Crippen molar-refractivity contribution in [3.8, 4) is 0 Å². The van der Waals surface area contributed by atoms with Crippen LogP contribution in [-0.2, 0) is 0 Å². The third-order valence-corrected chi connectivity index (χ3v) is 2.08. The summed E-state index contributed by atoms with van der Waals surface area (Å²) in [6.45, 7) is 4.11. The maximum atomic E-state index is 5.81. The van der Waals surface area contributed by atoms with E-state index in [0.717, 1.165) is 29.0 Å². The van der Waals surface area contributed by atoms with Gasteiger partial charge in [-0.1, -0.05) is 13.0 Å². The van der Waals surface area contributed by atoms with Gasteiger partial charge >= 0.3 is 0 Å². The van der Waals surface area contributed by atoms with Crippen LogP contribution in [0.1, 0.15) is 20.3 Å². The van der Waals surface area contributed by atoms with E-state index in [1.54, 1.807) is 7.05 Å². The Labute approximate surface area is 79.5 Å². The minimum Gasteiger partial charge on any atom is -0.398 e. The van der Waals surface area contributed by atoms with Crippen molar-refractivity contribution in [1.82, 2.24) is 0 Å². The van der Waals surface area contributed by atoms with Gasteiger partial charge in [-0.3, -0.25) is 4.99 Å². The number of allylic oxidation sites excluding steroid dienone is 5. The number of nitrogens with two attached hydrogens (primary N) is 1. The zero-order chi connectivity index (χ0) is 9.84. The van der Waals surface area contributed by atoms with Gasteiger partial charge in [-0.2, -0.15) is 0 Å². The molecule has 0 amide bonds. The fraction of sp³-hybridized carbons (Fsp3) is 0.364. The smallest absolute Gasteiger partial charge is 0.0644 e. The number of hydrogen-bond donors (Lipinski definition) is 1. The molecule has 0 fully saturated rings. The van der Waals surface area contributed by atoms with Gasteiger partial charge in [-0.25, -0.2) is 0 Å². The van der Waals surface area contributed by atoms with Crippen molar-refractivity contribution in [2.45, 2.75) is 20.3 Å². The predicted octanol–water partition coefficient (Wildman–Crippen LogP) is 2.20. The molecule has 0 heterocycles. The number of nitrogens with zero attached hydrogens (tertiary/aromatic N) is 1. The van der Waals surface area contributed by atoms with Crippen molar-refractivity contribution in [3.05, 3.63) is 35.1 Å². The molecular weight excluding hydrogens is 160 g/mol. The summed E-state index contributed by atoms with van der Waals surface area (Å²) in [6, 6.07) is 0. The van der Waals surface area contributed by atoms with Crippen molar-refractivity contribution < 1.29 is 0 Å². The third kappa shape index (κ3) is 2.08. The Bertz CT molecular complexity index is 317. The summed E-state index contributed by atoms with van der Waals surface area (Å²) in [5.74, 6) is 0. The highest BCUT2D eigenvalue weighted by atomic mass is 14.7. The maximum absolute atomic E-state index is 5.81. The van der Waals surface area contributed by atoms with Gasteiger partial charge < -0.3 is 5.73 Å². The van der Waals surface area contributed by atoms with Crippen LogP contribution in [0.2, 0.25) is 0 Å². The second-order valence-corrected chi connectivity index (χ2v) is 3.10. The molecule has 1 rings (SSSR count). The van der Waals surface area contributed by atoms with Gasteiger partial charge in [0.1, 0.15) is 0 Å². The lowest BCUT2D eigenvalue weighted by molar-refractivity contribution is 1.20. The van der Waals surface area contributed by atoms with Crippen LogP contribution in [0.5, 0.6) is 0 Å². The summed E-state index contributed by atoms with van der Waals surface area (Å²) < 4.78 is 0. The van der Waals surface area contributed by atoms with Crippen LogP contribution in [0.4, 0.5) is 0 Å². The summed E-state index contributed by atoms with van der Waals surface area (Å²) in [7, 11) is 1.80. The SMILES string of the molecule is CC/C=C1/C=C(N)C(C)=CC1=NC. The van der Waals surface area contributed by atoms with E-state index in [0.29, 0.717) is 0 Å². The lowest BCUT2D eigenvalue weighted by Crippen LogP contribution is -2.10. The molecule has 2 nitrogen and oxygen atoms in total. The summed E-state index contributed by atoms with van der Waals surface area (Å²) in [6.07, 6.45) is 7.15. The van der Waals surface area contributed by atoms with E-state index in [1.807, 2.05) is 19.1 Å². The normalized spacial score (nSPS) is 23.3. The van der Waals surface area contributed by atoms with Crippen LogP contribution in [0.15, 0.2) is 40.1 Å². The lowest BCUT2D eigenvalue weighted by Gasteiger charge is -2.12. The molecule has 0 radical (unpaired) electrons. The Kier molecular flexibility index (Phi) is 3.07. The van der Waals surface area contributed by atoms with Gasteiger partial charge in [0.15, 0.2) is 0 Å². The highest BCUT2D eigenvalue weighted by Gasteiger charge is 2.09. The molecule has 0 bridgehead atoms. The van der Waals surface area contributed by atoms with Crippen molar-refractivity contribution >= 4 is 5.71 Å². The Morgan fingerprint density at radius 1 is 1.46 bits per heavy atom. The van der Waals surface area contributed by atoms with E-state index in [4.69, 9.17) is 5.73 Å². The predicted molar refractivity (Wildman–Crippen MR) is 57.8 cm³/mol. The Hall–Kier alpha value is -1.31. The molecule has 0 saturated carbocycles. The van der Waals surface area contributed by atoms with Crippen LogP contribution in [0.25, 0.3) is 0 Å². The molecule has 0 aromatic carbocycles. The average Bonchev–Trinajstić information content (AvgIpc) is 2.11. The minimum atomic E-state index is 0.840. The van der Waals surface area contributed by atoms with Crippen LogP contribution in [0, 0.1) is 0 Å². The average molecular weight is 176 g/mol. The van der Waals surface area contributed by atoms with Crippen molar-refractivity contribution in [2.75, 3.05) is 7.05 Å². The molecule has 0 unspecified atom stereocenters. The minimum absolute atomic E-state index is 0.840. The van der Waals surface area contributed by atoms with Gasteiger partial charge in [0.25, 0.3) is 0 Å². The van der Waals surface area contributed by atoms with E-state index in [9.17, 15) is 0 Å². The standard InChI is InChI=1S/C11H16N2/c1-4-5-9-7-10(12)8(2)6-11(9)13-3/h5-7H,4,12H2,1-3H3/b9-5-,13-11?. The molecule has 1 aliphatic rings. The van der Waals surface area contributed by atoms with Gasteiger partial charge in [-0.05, 0) is 36.6 Å². The maximum Gasteiger partial charge on any atom is 0.0644 e. The van der Waals surface area contributed by atoms with E-state index >= 15 is 0 Å². The largest absolute Gasteiger partial charge is 0.398 e. The summed E-state index contributed by atoms with van der Waals surface area (Å²) in [5, 5.41) is 0. The molecule has 0 atom stereocenters. The molecular formula is C11H16N2. The Balaban J connectivity index is 3.08. The molecule has 0 spiro atoms. The van der Waals surface area contributed by atoms with Crippen LogP contribution < -0.4 is 5.73 Å². The monoisotopic (exact) mass is 176 g/mol. The zero-order valence-electron chi connectivity index (χ0n) is 8.46. The van der Waals surface area contributed by atoms with E-state index in [2.05, 4.69) is 18.0 Å². The van der Waals surface area contributed by atoms with E-state index in [1.165, 1.54) is 0 Å². The lowest BCUT2D eigenvalue weighted by atomic mass is 9.98. The van der Waals surface area contributed by atoms with Gasteiger partial charge in [0.05, 0.1) is 5.71 Å². The molecule has 13 heavy (non-hydrogen) atoms. The van der Waals surface area contributed by atoms with Gasteiger partial charge in [-0.15, -0.1) is 0 Å². The van der Waals surface area contributed by atoms with Crippen LogP contribution in [-0.4, -0.2) is 12.8 Å². The fourth-order valence-electron chi connectivity index (χ4n) is 1.30. The quantitative estimate of drug-likeness (QED) is 0.653. The van der Waals surface area contributed by atoms with E-state index in [-0.39, 0.29) is 0 Å². The molecule has 1 aliphatic carbocycles. The topological polar surface area (TPSA) is 38.4 Å². The fourth-order valence-corrected chi connectivity index (χ4v) is 1.30. The number of hydrogen-bond acceptors (Lipinski definition) is 2. The second-order valence-electron chi connectivity index (χ2n) is 3.10. The summed E-state index contributed by atoms with van der Waals surface area (Å²) in [4.78, 5) is 4.20. The number of aliphatic imine (C=N–C) groups is 1. The summed E-state index contributed by atoms with van der Waals surface area (Å²) in [5.41, 5.74) is 9.90. The number of rotatable bonds is 1. The van der Waals surface area contributed by atoms with E-state index < -0.39 is 0 Å². The highest BCUT2D eigenvalue weighted by Crippen LogP contribution is 2.17. The van der Waals surface area contributed by atoms with Crippen LogP contribution >= 0.6 is 0 Å². The second kappa shape index (κ2) is 4.08. The Morgan fingerprint density at radius 3 is 2.69 bits per heavy atom. The molecule has 70 valence electrons. The zero-order valence-corrected chi connectivity index (χ0v) is 8.46. The first kappa shape index (κ1) is 9.78. The molecule has 2 heteroatoms. The van der Waals surface area contributed by atoms with Crippen molar-refractivity contribution in [3.63, 3.8) is 0 Å². The van der Waals surface area contributed by atoms with Crippen LogP contribution in [0.3, 0.4) is 0 Å². The summed E-state index contributed by atoms with van der Waals surface area (Å²) >= 11 is 0. The Morgan fingerprint density at radius 2 is 2.15 bits per heavy atom. The molecule has 0 aliphatic heterocycles. The molecule has 0 saturated heterocycles. The first-order chi connectivity index (χ1) is 6.19. The molecule has 2 N–H and O–H groups in total. The van der Waals surface area contributed by atoms with Gasteiger partial charge in [0.2, 0.25) is 0 Å². The third-order valence-electron chi connectivity index (χ3n) is 2.08. The highest BCUT2D eigenvalue weighted by molar-refractivity contribution is 6.12. The molecule has 0 aromatic heterocycles. The first-order valence-corrected chi connectivity index (χ1v) is 4.52. The first-order valence-electron chi connectivity index (χ1n) is 4.52. The van der Waals surface area contributed by atoms with Crippen molar-refractivity contribution in [2.24, 2.45) is 10.7 Å². The molecule has 0 aromatic rings. The van der Waals surface area contributed by atoms with Crippen molar-refractivity contribution in [1.29, 1.82) is 0 Å². The van der Waals surface area contributed by atoms with Gasteiger partial charge in [0, 0.05) is 12.7 Å².